The minimum atomic E-state index is 0.723. The summed E-state index contributed by atoms with van der Waals surface area (Å²) in [5.41, 5.74) is 2.96. The van der Waals surface area contributed by atoms with E-state index in [1.807, 2.05) is 31.3 Å². The monoisotopic (exact) mass is 275 g/mol. The zero-order valence-electron chi connectivity index (χ0n) is 11.5. The van der Waals surface area contributed by atoms with Crippen LogP contribution in [0, 0.1) is 6.92 Å². The zero-order valence-corrected chi connectivity index (χ0v) is 11.5. The molecule has 102 valence electrons. The molecule has 4 rings (SSSR count). The molecule has 0 spiro atoms. The summed E-state index contributed by atoms with van der Waals surface area (Å²) in [6.07, 6.45) is 5.44. The van der Waals surface area contributed by atoms with E-state index in [2.05, 4.69) is 37.4 Å². The number of nitrogens with one attached hydrogen (secondary N) is 2. The van der Waals surface area contributed by atoms with E-state index in [1.54, 1.807) is 12.4 Å². The Morgan fingerprint density at radius 3 is 3.00 bits per heavy atom. The van der Waals surface area contributed by atoms with E-state index in [-0.39, 0.29) is 0 Å². The number of rotatable bonds is 2. The fourth-order valence-electron chi connectivity index (χ4n) is 2.46. The number of H-pyrrole nitrogens is 1. The lowest BCUT2D eigenvalue weighted by Gasteiger charge is -2.09. The fraction of sp³-hybridized carbons (Fsp3) is 0.0625. The molecule has 0 radical (unpaired) electrons. The molecular weight excluding hydrogens is 262 g/mol. The Bertz CT molecular complexity index is 942. The van der Waals surface area contributed by atoms with Gasteiger partial charge < -0.3 is 10.3 Å². The van der Waals surface area contributed by atoms with Crippen LogP contribution in [0.25, 0.3) is 21.8 Å². The quantitative estimate of drug-likeness (QED) is 0.587. The van der Waals surface area contributed by atoms with Crippen molar-refractivity contribution < 1.29 is 0 Å². The second kappa shape index (κ2) is 4.56. The van der Waals surface area contributed by atoms with Gasteiger partial charge in [-0.05, 0) is 37.3 Å². The van der Waals surface area contributed by atoms with Crippen molar-refractivity contribution in [2.45, 2.75) is 6.92 Å². The molecule has 0 aliphatic carbocycles. The Kier molecular flexibility index (Phi) is 2.57. The number of aromatic nitrogens is 4. The van der Waals surface area contributed by atoms with Crippen LogP contribution in [0.1, 0.15) is 5.82 Å². The van der Waals surface area contributed by atoms with Gasteiger partial charge in [0.05, 0.1) is 11.7 Å². The van der Waals surface area contributed by atoms with Crippen LogP contribution in [0.3, 0.4) is 0 Å². The molecule has 0 atom stereocenters. The van der Waals surface area contributed by atoms with Gasteiger partial charge in [-0.2, -0.15) is 0 Å². The van der Waals surface area contributed by atoms with Crippen LogP contribution in [-0.2, 0) is 0 Å². The molecule has 0 unspecified atom stereocenters. The molecule has 0 bridgehead atoms. The van der Waals surface area contributed by atoms with E-state index < -0.39 is 0 Å². The molecule has 3 heterocycles. The summed E-state index contributed by atoms with van der Waals surface area (Å²) in [5.74, 6) is 1.52. The predicted molar refractivity (Wildman–Crippen MR) is 83.7 cm³/mol. The summed E-state index contributed by atoms with van der Waals surface area (Å²) in [7, 11) is 0. The van der Waals surface area contributed by atoms with Crippen molar-refractivity contribution in [3.63, 3.8) is 0 Å². The lowest BCUT2D eigenvalue weighted by Crippen LogP contribution is -1.99. The highest BCUT2D eigenvalue weighted by molar-refractivity contribution is 5.91. The average Bonchev–Trinajstić information content (AvgIpc) is 2.94. The standard InChI is InChI=1S/C16H13N5/c1-10-19-15-9-17-6-5-13(15)16(20-10)21-12-2-3-14-11(8-12)4-7-18-14/h2-9,18H,1H3,(H,19,20,21). The highest BCUT2D eigenvalue weighted by Crippen LogP contribution is 2.25. The lowest BCUT2D eigenvalue weighted by molar-refractivity contribution is 1.09. The predicted octanol–water partition coefficient (Wildman–Crippen LogP) is 3.56. The Morgan fingerprint density at radius 1 is 1.10 bits per heavy atom. The third-order valence-electron chi connectivity index (χ3n) is 3.43. The zero-order chi connectivity index (χ0) is 14.2. The molecule has 5 heteroatoms. The van der Waals surface area contributed by atoms with E-state index in [9.17, 15) is 0 Å². The molecule has 2 N–H and O–H groups in total. The number of hydrogen-bond acceptors (Lipinski definition) is 4. The summed E-state index contributed by atoms with van der Waals surface area (Å²) < 4.78 is 0. The van der Waals surface area contributed by atoms with Crippen LogP contribution in [0.5, 0.6) is 0 Å². The first-order chi connectivity index (χ1) is 10.3. The SMILES string of the molecule is Cc1nc(Nc2ccc3[nH]ccc3c2)c2ccncc2n1. The van der Waals surface area contributed by atoms with Crippen LogP contribution in [0.4, 0.5) is 11.5 Å². The molecule has 1 aromatic carbocycles. The second-order valence-corrected chi connectivity index (χ2v) is 4.92. The lowest BCUT2D eigenvalue weighted by atomic mass is 10.2. The molecule has 0 aliphatic heterocycles. The topological polar surface area (TPSA) is 66.5 Å². The first kappa shape index (κ1) is 11.8. The first-order valence-corrected chi connectivity index (χ1v) is 6.72. The average molecular weight is 275 g/mol. The van der Waals surface area contributed by atoms with E-state index in [0.717, 1.165) is 39.1 Å². The molecule has 0 saturated heterocycles. The smallest absolute Gasteiger partial charge is 0.142 e. The van der Waals surface area contributed by atoms with Gasteiger partial charge in [0.25, 0.3) is 0 Å². The van der Waals surface area contributed by atoms with E-state index in [0.29, 0.717) is 0 Å². The van der Waals surface area contributed by atoms with Crippen molar-refractivity contribution in [1.29, 1.82) is 0 Å². The van der Waals surface area contributed by atoms with Crippen LogP contribution < -0.4 is 5.32 Å². The molecule has 0 aliphatic rings. The fourth-order valence-corrected chi connectivity index (χ4v) is 2.46. The van der Waals surface area contributed by atoms with Gasteiger partial charge in [0, 0.05) is 34.4 Å². The van der Waals surface area contributed by atoms with Gasteiger partial charge in [-0.1, -0.05) is 0 Å². The summed E-state index contributed by atoms with van der Waals surface area (Å²) in [6, 6.07) is 10.1. The van der Waals surface area contributed by atoms with Gasteiger partial charge in [0.1, 0.15) is 11.6 Å². The second-order valence-electron chi connectivity index (χ2n) is 4.92. The minimum Gasteiger partial charge on any atom is -0.361 e. The van der Waals surface area contributed by atoms with Crippen molar-refractivity contribution in [2.75, 3.05) is 5.32 Å². The van der Waals surface area contributed by atoms with E-state index >= 15 is 0 Å². The van der Waals surface area contributed by atoms with Gasteiger partial charge in [-0.15, -0.1) is 0 Å². The Hall–Kier alpha value is -2.95. The maximum atomic E-state index is 4.51. The van der Waals surface area contributed by atoms with Crippen LogP contribution in [-0.4, -0.2) is 19.9 Å². The van der Waals surface area contributed by atoms with Gasteiger partial charge in [-0.25, -0.2) is 9.97 Å². The van der Waals surface area contributed by atoms with Crippen molar-refractivity contribution in [2.24, 2.45) is 0 Å². The van der Waals surface area contributed by atoms with Crippen molar-refractivity contribution in [1.82, 2.24) is 19.9 Å². The molecular formula is C16H13N5. The number of aryl methyl sites for hydroxylation is 1. The number of anilines is 2. The highest BCUT2D eigenvalue weighted by atomic mass is 15.0. The Labute approximate surface area is 121 Å². The summed E-state index contributed by atoms with van der Waals surface area (Å²) >= 11 is 0. The Balaban J connectivity index is 1.82. The third kappa shape index (κ3) is 2.08. The molecule has 3 aromatic heterocycles. The number of fused-ring (bicyclic) bond motifs is 2. The third-order valence-corrected chi connectivity index (χ3v) is 3.43. The molecule has 4 aromatic rings. The molecule has 0 saturated carbocycles. The molecule has 0 fully saturated rings. The van der Waals surface area contributed by atoms with Crippen LogP contribution >= 0.6 is 0 Å². The maximum Gasteiger partial charge on any atom is 0.142 e. The summed E-state index contributed by atoms with van der Waals surface area (Å²) in [5, 5.41) is 5.50. The summed E-state index contributed by atoms with van der Waals surface area (Å²) in [6.45, 7) is 1.88. The molecule has 21 heavy (non-hydrogen) atoms. The Morgan fingerprint density at radius 2 is 2.05 bits per heavy atom. The van der Waals surface area contributed by atoms with E-state index in [4.69, 9.17) is 0 Å². The number of nitrogens with zero attached hydrogens (tertiary/aromatic N) is 3. The number of hydrogen-bond donors (Lipinski definition) is 2. The van der Waals surface area contributed by atoms with Gasteiger partial charge in [-0.3, -0.25) is 4.98 Å². The maximum absolute atomic E-state index is 4.51. The number of aromatic amines is 1. The molecule has 5 nitrogen and oxygen atoms in total. The van der Waals surface area contributed by atoms with Crippen molar-refractivity contribution in [3.05, 3.63) is 54.7 Å². The van der Waals surface area contributed by atoms with Crippen molar-refractivity contribution in [3.8, 4) is 0 Å². The van der Waals surface area contributed by atoms with Crippen LogP contribution in [0.15, 0.2) is 48.9 Å². The van der Waals surface area contributed by atoms with Crippen LogP contribution in [0.2, 0.25) is 0 Å². The normalized spacial score (nSPS) is 11.1. The summed E-state index contributed by atoms with van der Waals surface area (Å²) in [4.78, 5) is 16.2. The van der Waals surface area contributed by atoms with E-state index in [1.165, 1.54) is 0 Å². The first-order valence-electron chi connectivity index (χ1n) is 6.72. The minimum absolute atomic E-state index is 0.723. The van der Waals surface area contributed by atoms with Gasteiger partial charge in [0.2, 0.25) is 0 Å². The largest absolute Gasteiger partial charge is 0.361 e. The number of pyridine rings is 1. The number of benzene rings is 1. The molecule has 0 amide bonds. The van der Waals surface area contributed by atoms with Gasteiger partial charge in [0.15, 0.2) is 0 Å². The van der Waals surface area contributed by atoms with Crippen molar-refractivity contribution >= 4 is 33.3 Å². The highest BCUT2D eigenvalue weighted by Gasteiger charge is 2.06. The van der Waals surface area contributed by atoms with Gasteiger partial charge >= 0.3 is 0 Å².